The van der Waals surface area contributed by atoms with Gasteiger partial charge in [0.05, 0.1) is 29.0 Å². The zero-order chi connectivity index (χ0) is 23.2. The van der Waals surface area contributed by atoms with Crippen molar-refractivity contribution in [2.24, 2.45) is 0 Å². The summed E-state index contributed by atoms with van der Waals surface area (Å²) in [6, 6.07) is 16.8. The van der Waals surface area contributed by atoms with Crippen LogP contribution in [-0.2, 0) is 23.5 Å². The average molecular weight is 498 g/mol. The molecule has 0 aliphatic carbocycles. The van der Waals surface area contributed by atoms with Gasteiger partial charge in [-0.1, -0.05) is 59.2 Å². The van der Waals surface area contributed by atoms with E-state index in [9.17, 15) is 4.79 Å². The number of fused-ring (bicyclic) bond motifs is 2. The van der Waals surface area contributed by atoms with Crippen LogP contribution >= 0.6 is 35.0 Å². The lowest BCUT2D eigenvalue weighted by molar-refractivity contribution is -0.0411. The van der Waals surface area contributed by atoms with Crippen molar-refractivity contribution < 1.29 is 4.74 Å². The number of nitrogens with zero attached hydrogens (tertiary/aromatic N) is 3. The number of benzene rings is 2. The summed E-state index contributed by atoms with van der Waals surface area (Å²) in [7, 11) is 0. The zero-order valence-electron chi connectivity index (χ0n) is 18.1. The van der Waals surface area contributed by atoms with Crippen molar-refractivity contribution in [2.45, 2.75) is 43.4 Å². The molecule has 0 N–H and O–H groups in total. The average Bonchev–Trinajstić information content (AvgIpc) is 2.78. The Bertz CT molecular complexity index is 1400. The number of hydrogen-bond donors (Lipinski definition) is 0. The highest BCUT2D eigenvalue weighted by Gasteiger charge is 2.28. The van der Waals surface area contributed by atoms with Crippen LogP contribution in [0.4, 0.5) is 0 Å². The molecule has 2 aromatic carbocycles. The molecule has 0 spiro atoms. The third kappa shape index (κ3) is 4.41. The van der Waals surface area contributed by atoms with Crippen molar-refractivity contribution in [3.63, 3.8) is 0 Å². The predicted octanol–water partition coefficient (Wildman–Crippen LogP) is 6.23. The Kier molecular flexibility index (Phi) is 5.95. The van der Waals surface area contributed by atoms with Crippen molar-refractivity contribution in [2.75, 3.05) is 0 Å². The van der Waals surface area contributed by atoms with Crippen LogP contribution in [0.15, 0.2) is 64.5 Å². The Hall–Kier alpha value is -2.38. The van der Waals surface area contributed by atoms with E-state index < -0.39 is 0 Å². The van der Waals surface area contributed by atoms with Crippen LogP contribution in [-0.4, -0.2) is 20.1 Å². The number of ether oxygens (including phenoxy) is 1. The Morgan fingerprint density at radius 1 is 1.06 bits per heavy atom. The van der Waals surface area contributed by atoms with Gasteiger partial charge < -0.3 is 4.74 Å². The third-order valence-electron chi connectivity index (χ3n) is 5.63. The van der Waals surface area contributed by atoms with E-state index in [0.29, 0.717) is 45.0 Å². The summed E-state index contributed by atoms with van der Waals surface area (Å²) in [5.74, 6) is 0.467. The molecule has 8 heteroatoms. The van der Waals surface area contributed by atoms with E-state index in [0.717, 1.165) is 22.5 Å². The van der Waals surface area contributed by atoms with Gasteiger partial charge in [-0.15, -0.1) is 0 Å². The number of thioether (sulfide) groups is 1. The molecule has 5 nitrogen and oxygen atoms in total. The van der Waals surface area contributed by atoms with Crippen molar-refractivity contribution in [1.29, 1.82) is 0 Å². The Morgan fingerprint density at radius 3 is 2.52 bits per heavy atom. The molecular weight excluding hydrogens is 477 g/mol. The Labute approximate surface area is 205 Å². The van der Waals surface area contributed by atoms with Crippen LogP contribution in [0.1, 0.15) is 30.7 Å². The number of rotatable bonds is 4. The highest BCUT2D eigenvalue weighted by molar-refractivity contribution is 7.98. The highest BCUT2D eigenvalue weighted by Crippen LogP contribution is 2.33. The lowest BCUT2D eigenvalue weighted by Gasteiger charge is -2.31. The second-order valence-corrected chi connectivity index (χ2v) is 10.3. The van der Waals surface area contributed by atoms with Gasteiger partial charge in [-0.2, -0.15) is 0 Å². The molecule has 33 heavy (non-hydrogen) atoms. The largest absolute Gasteiger partial charge is 0.370 e. The topological polar surface area (TPSA) is 57.0 Å². The molecule has 0 saturated heterocycles. The van der Waals surface area contributed by atoms with Crippen molar-refractivity contribution >= 4 is 46.0 Å². The first-order valence-electron chi connectivity index (χ1n) is 10.5. The lowest BCUT2D eigenvalue weighted by atomic mass is 9.95. The molecule has 0 atom stereocenters. The fourth-order valence-electron chi connectivity index (χ4n) is 3.89. The number of para-hydroxylation sites is 1. The summed E-state index contributed by atoms with van der Waals surface area (Å²) < 4.78 is 7.56. The van der Waals surface area contributed by atoms with Crippen LogP contribution in [0.25, 0.3) is 16.7 Å². The maximum atomic E-state index is 13.7. The number of halogens is 2. The van der Waals surface area contributed by atoms with Crippen LogP contribution in [0.3, 0.4) is 0 Å². The smallest absolute Gasteiger partial charge is 0.268 e. The zero-order valence-corrected chi connectivity index (χ0v) is 20.5. The van der Waals surface area contributed by atoms with E-state index in [4.69, 9.17) is 37.9 Å². The second-order valence-electron chi connectivity index (χ2n) is 8.55. The van der Waals surface area contributed by atoms with E-state index in [1.54, 1.807) is 16.7 Å². The van der Waals surface area contributed by atoms with E-state index in [2.05, 4.69) is 0 Å². The summed E-state index contributed by atoms with van der Waals surface area (Å²) in [5, 5.41) is 2.17. The normalized spacial score (nSPS) is 14.9. The molecule has 4 aromatic rings. The molecule has 1 aliphatic heterocycles. The van der Waals surface area contributed by atoms with Gasteiger partial charge in [-0.05, 0) is 49.7 Å². The van der Waals surface area contributed by atoms with Crippen molar-refractivity contribution in [3.8, 4) is 5.69 Å². The minimum Gasteiger partial charge on any atom is -0.370 e. The van der Waals surface area contributed by atoms with Crippen LogP contribution in [0.2, 0.25) is 10.0 Å². The molecule has 2 aromatic heterocycles. The molecule has 5 rings (SSSR count). The van der Waals surface area contributed by atoms with E-state index in [1.807, 2.05) is 56.3 Å². The molecule has 0 bridgehead atoms. The maximum Gasteiger partial charge on any atom is 0.268 e. The Morgan fingerprint density at radius 2 is 1.79 bits per heavy atom. The SMILES string of the molecule is CC1(C)Cc2nc3nc(SCc4c(Cl)cccc4Cl)n(-c4ccccc4)c(=O)c3cc2CO1. The molecule has 1 aliphatic rings. The van der Waals surface area contributed by atoms with Gasteiger partial charge in [0, 0.05) is 27.8 Å². The van der Waals surface area contributed by atoms with Crippen LogP contribution < -0.4 is 5.56 Å². The molecule has 0 radical (unpaired) electrons. The first-order valence-corrected chi connectivity index (χ1v) is 12.3. The second kappa shape index (κ2) is 8.76. The number of hydrogen-bond acceptors (Lipinski definition) is 5. The summed E-state index contributed by atoms with van der Waals surface area (Å²) in [5.41, 5.74) is 3.37. The first kappa shape index (κ1) is 22.4. The summed E-state index contributed by atoms with van der Waals surface area (Å²) in [6.45, 7) is 4.51. The van der Waals surface area contributed by atoms with Crippen LogP contribution in [0, 0.1) is 0 Å². The Balaban J connectivity index is 1.66. The first-order chi connectivity index (χ1) is 15.8. The molecule has 0 fully saturated rings. The van der Waals surface area contributed by atoms with Gasteiger partial charge >= 0.3 is 0 Å². The minimum absolute atomic E-state index is 0.168. The van der Waals surface area contributed by atoms with E-state index in [-0.39, 0.29) is 11.2 Å². The van der Waals surface area contributed by atoms with Gasteiger partial charge in [-0.25, -0.2) is 9.97 Å². The lowest BCUT2D eigenvalue weighted by Crippen LogP contribution is -2.33. The molecular formula is C25H21Cl2N3O2S. The van der Waals surface area contributed by atoms with Crippen molar-refractivity contribution in [1.82, 2.24) is 14.5 Å². The molecule has 0 unspecified atom stereocenters. The quantitative estimate of drug-likeness (QED) is 0.247. The van der Waals surface area contributed by atoms with E-state index >= 15 is 0 Å². The van der Waals surface area contributed by atoms with Crippen LogP contribution in [0.5, 0.6) is 0 Å². The molecule has 168 valence electrons. The van der Waals surface area contributed by atoms with E-state index in [1.165, 1.54) is 11.8 Å². The maximum absolute atomic E-state index is 13.7. The van der Waals surface area contributed by atoms with Gasteiger partial charge in [0.15, 0.2) is 10.8 Å². The molecule has 0 saturated carbocycles. The summed E-state index contributed by atoms with van der Waals surface area (Å²) in [6.07, 6.45) is 0.666. The van der Waals surface area contributed by atoms with Gasteiger partial charge in [0.25, 0.3) is 5.56 Å². The number of pyridine rings is 1. The standard InChI is InChI=1S/C25H21Cl2N3O2S/c1-25(2)12-21-15(13-32-25)11-17-22(28-21)29-24(30(23(17)31)16-7-4-3-5-8-16)33-14-18-19(26)9-6-10-20(18)27/h3-11H,12-14H2,1-2H3. The number of aromatic nitrogens is 3. The highest BCUT2D eigenvalue weighted by atomic mass is 35.5. The summed E-state index contributed by atoms with van der Waals surface area (Å²) in [4.78, 5) is 23.3. The van der Waals surface area contributed by atoms with Gasteiger partial charge in [0.1, 0.15) is 0 Å². The fraction of sp³-hybridized carbons (Fsp3) is 0.240. The third-order valence-corrected chi connectivity index (χ3v) is 7.30. The molecule has 3 heterocycles. The summed E-state index contributed by atoms with van der Waals surface area (Å²) >= 11 is 14.2. The van der Waals surface area contributed by atoms with Crippen molar-refractivity contribution in [3.05, 3.63) is 91.8 Å². The van der Waals surface area contributed by atoms with Gasteiger partial charge in [-0.3, -0.25) is 9.36 Å². The van der Waals surface area contributed by atoms with Gasteiger partial charge in [0.2, 0.25) is 0 Å². The predicted molar refractivity (Wildman–Crippen MR) is 134 cm³/mol. The molecule has 0 amide bonds. The minimum atomic E-state index is -0.301. The fourth-order valence-corrected chi connectivity index (χ4v) is 5.63. The monoisotopic (exact) mass is 497 g/mol.